The Bertz CT molecular complexity index is 583. The third-order valence-electron chi connectivity index (χ3n) is 2.71. The fraction of sp³-hybridized carbons (Fsp3) is 0.357. The summed E-state index contributed by atoms with van der Waals surface area (Å²) >= 11 is 1.48. The summed E-state index contributed by atoms with van der Waals surface area (Å²) in [5, 5.41) is 12.8. The van der Waals surface area contributed by atoms with E-state index in [4.69, 9.17) is 9.63 Å². The number of carboxylic acid groups (broad SMARTS) is 1. The van der Waals surface area contributed by atoms with Crippen molar-refractivity contribution in [2.75, 3.05) is 0 Å². The Morgan fingerprint density at radius 1 is 1.45 bits per heavy atom. The summed E-state index contributed by atoms with van der Waals surface area (Å²) < 4.78 is 5.16. The summed E-state index contributed by atoms with van der Waals surface area (Å²) in [6.07, 6.45) is 2.98. The molecule has 5 nitrogen and oxygen atoms in total. The molecule has 0 saturated carbocycles. The van der Waals surface area contributed by atoms with E-state index in [-0.39, 0.29) is 5.56 Å². The van der Waals surface area contributed by atoms with Gasteiger partial charge in [-0.1, -0.05) is 24.6 Å². The second kappa shape index (κ2) is 7.09. The maximum absolute atomic E-state index is 10.9. The molecule has 0 bridgehead atoms. The number of carbonyl (C=O) groups is 1. The van der Waals surface area contributed by atoms with Gasteiger partial charge in [0, 0.05) is 11.3 Å². The van der Waals surface area contributed by atoms with E-state index < -0.39 is 5.97 Å². The van der Waals surface area contributed by atoms with Crippen LogP contribution in [0.5, 0.6) is 0 Å². The molecular formula is C14H16N2O3S. The SMILES string of the molecule is CCCCc1noc(CSc2cccc(C(=O)O)c2)n1. The number of aromatic carboxylic acids is 1. The monoisotopic (exact) mass is 292 g/mol. The van der Waals surface area contributed by atoms with Crippen molar-refractivity contribution in [3.8, 4) is 0 Å². The van der Waals surface area contributed by atoms with Gasteiger partial charge < -0.3 is 9.63 Å². The Morgan fingerprint density at radius 2 is 2.30 bits per heavy atom. The molecule has 0 aliphatic heterocycles. The number of thioether (sulfide) groups is 1. The number of hydrogen-bond donors (Lipinski definition) is 1. The third kappa shape index (κ3) is 4.09. The quantitative estimate of drug-likeness (QED) is 0.788. The Balaban J connectivity index is 1.93. The molecule has 1 aromatic carbocycles. The van der Waals surface area contributed by atoms with Crippen molar-refractivity contribution in [1.29, 1.82) is 0 Å². The largest absolute Gasteiger partial charge is 0.478 e. The highest BCUT2D eigenvalue weighted by atomic mass is 32.2. The molecule has 20 heavy (non-hydrogen) atoms. The van der Waals surface area contributed by atoms with Gasteiger partial charge in [-0.3, -0.25) is 0 Å². The van der Waals surface area contributed by atoms with E-state index in [1.165, 1.54) is 11.8 Å². The van der Waals surface area contributed by atoms with Crippen molar-refractivity contribution >= 4 is 17.7 Å². The van der Waals surface area contributed by atoms with E-state index in [2.05, 4.69) is 17.1 Å². The predicted octanol–water partition coefficient (Wildman–Crippen LogP) is 3.40. The van der Waals surface area contributed by atoms with Crippen molar-refractivity contribution < 1.29 is 14.4 Å². The van der Waals surface area contributed by atoms with Gasteiger partial charge in [-0.25, -0.2) is 4.79 Å². The third-order valence-corrected chi connectivity index (χ3v) is 3.69. The number of hydrogen-bond acceptors (Lipinski definition) is 5. The highest BCUT2D eigenvalue weighted by Gasteiger charge is 2.08. The highest BCUT2D eigenvalue weighted by Crippen LogP contribution is 2.23. The van der Waals surface area contributed by atoms with Crippen LogP contribution in [-0.4, -0.2) is 21.2 Å². The summed E-state index contributed by atoms with van der Waals surface area (Å²) in [4.78, 5) is 16.1. The lowest BCUT2D eigenvalue weighted by Crippen LogP contribution is -1.95. The van der Waals surface area contributed by atoms with Gasteiger partial charge in [-0.05, 0) is 24.6 Å². The van der Waals surface area contributed by atoms with Crippen molar-refractivity contribution in [1.82, 2.24) is 10.1 Å². The van der Waals surface area contributed by atoms with Crippen LogP contribution in [0, 0.1) is 0 Å². The molecule has 0 saturated heterocycles. The zero-order valence-corrected chi connectivity index (χ0v) is 12.0. The normalized spacial score (nSPS) is 10.7. The first-order chi connectivity index (χ1) is 9.69. The lowest BCUT2D eigenvalue weighted by atomic mass is 10.2. The van der Waals surface area contributed by atoms with Crippen molar-refractivity contribution in [2.24, 2.45) is 0 Å². The molecule has 0 radical (unpaired) electrons. The van der Waals surface area contributed by atoms with Gasteiger partial charge in [0.25, 0.3) is 0 Å². The maximum atomic E-state index is 10.9. The zero-order valence-electron chi connectivity index (χ0n) is 11.2. The first-order valence-electron chi connectivity index (χ1n) is 6.46. The Labute approximate surface area is 121 Å². The molecule has 0 spiro atoms. The van der Waals surface area contributed by atoms with Gasteiger partial charge in [0.05, 0.1) is 11.3 Å². The molecule has 0 atom stereocenters. The Hall–Kier alpha value is -1.82. The smallest absolute Gasteiger partial charge is 0.335 e. The minimum atomic E-state index is -0.924. The van der Waals surface area contributed by atoms with Crippen LogP contribution in [-0.2, 0) is 12.2 Å². The fourth-order valence-electron chi connectivity index (χ4n) is 1.65. The molecule has 1 heterocycles. The second-order valence-corrected chi connectivity index (χ2v) is 5.38. The van der Waals surface area contributed by atoms with Crippen LogP contribution in [0.3, 0.4) is 0 Å². The molecule has 1 aromatic heterocycles. The molecule has 0 fully saturated rings. The Morgan fingerprint density at radius 3 is 3.05 bits per heavy atom. The summed E-state index contributed by atoms with van der Waals surface area (Å²) in [7, 11) is 0. The number of benzene rings is 1. The van der Waals surface area contributed by atoms with Crippen LogP contribution < -0.4 is 0 Å². The number of unbranched alkanes of at least 4 members (excludes halogenated alkanes) is 1. The van der Waals surface area contributed by atoms with Crippen LogP contribution in [0.15, 0.2) is 33.7 Å². The van der Waals surface area contributed by atoms with Gasteiger partial charge in [0.2, 0.25) is 5.89 Å². The molecule has 106 valence electrons. The standard InChI is InChI=1S/C14H16N2O3S/c1-2-3-7-12-15-13(19-16-12)9-20-11-6-4-5-10(8-11)14(17)18/h4-6,8H,2-3,7,9H2,1H3,(H,17,18). The van der Waals surface area contributed by atoms with Crippen LogP contribution in [0.4, 0.5) is 0 Å². The van der Waals surface area contributed by atoms with Crippen LogP contribution >= 0.6 is 11.8 Å². The lowest BCUT2D eigenvalue weighted by Gasteiger charge is -2.00. The summed E-state index contributed by atoms with van der Waals surface area (Å²) in [6.45, 7) is 2.12. The molecule has 0 amide bonds. The summed E-state index contributed by atoms with van der Waals surface area (Å²) in [5.74, 6) is 0.929. The zero-order chi connectivity index (χ0) is 14.4. The average Bonchev–Trinajstić information content (AvgIpc) is 2.91. The first kappa shape index (κ1) is 14.6. The molecule has 6 heteroatoms. The van der Waals surface area contributed by atoms with Gasteiger partial charge in [0.1, 0.15) is 0 Å². The van der Waals surface area contributed by atoms with Crippen molar-refractivity contribution in [3.63, 3.8) is 0 Å². The topological polar surface area (TPSA) is 76.2 Å². The van der Waals surface area contributed by atoms with E-state index in [9.17, 15) is 4.79 Å². The van der Waals surface area contributed by atoms with Crippen LogP contribution in [0.25, 0.3) is 0 Å². The lowest BCUT2D eigenvalue weighted by molar-refractivity contribution is 0.0696. The highest BCUT2D eigenvalue weighted by molar-refractivity contribution is 7.98. The molecule has 0 unspecified atom stereocenters. The number of nitrogens with zero attached hydrogens (tertiary/aromatic N) is 2. The molecule has 1 N–H and O–H groups in total. The van der Waals surface area contributed by atoms with Crippen LogP contribution in [0.2, 0.25) is 0 Å². The van der Waals surface area contributed by atoms with Crippen molar-refractivity contribution in [2.45, 2.75) is 36.8 Å². The molecule has 0 aliphatic rings. The molecular weight excluding hydrogens is 276 g/mol. The van der Waals surface area contributed by atoms with E-state index in [1.54, 1.807) is 18.2 Å². The fourth-order valence-corrected chi connectivity index (χ4v) is 2.44. The molecule has 2 aromatic rings. The summed E-state index contributed by atoms with van der Waals surface area (Å²) in [5.41, 5.74) is 0.282. The van der Waals surface area contributed by atoms with E-state index in [0.29, 0.717) is 11.6 Å². The number of carboxylic acids is 1. The van der Waals surface area contributed by atoms with E-state index in [1.807, 2.05) is 6.07 Å². The average molecular weight is 292 g/mol. The predicted molar refractivity (Wildman–Crippen MR) is 75.9 cm³/mol. The molecule has 2 rings (SSSR count). The van der Waals surface area contributed by atoms with E-state index in [0.717, 1.165) is 30.0 Å². The van der Waals surface area contributed by atoms with E-state index >= 15 is 0 Å². The first-order valence-corrected chi connectivity index (χ1v) is 7.45. The van der Waals surface area contributed by atoms with Gasteiger partial charge in [-0.2, -0.15) is 4.98 Å². The van der Waals surface area contributed by atoms with Gasteiger partial charge in [0.15, 0.2) is 5.82 Å². The van der Waals surface area contributed by atoms with Crippen molar-refractivity contribution in [3.05, 3.63) is 41.5 Å². The maximum Gasteiger partial charge on any atom is 0.335 e. The minimum absolute atomic E-state index is 0.282. The van der Waals surface area contributed by atoms with Crippen LogP contribution in [0.1, 0.15) is 41.8 Å². The number of rotatable bonds is 7. The second-order valence-electron chi connectivity index (χ2n) is 4.33. The number of aromatic nitrogens is 2. The van der Waals surface area contributed by atoms with Gasteiger partial charge >= 0.3 is 5.97 Å². The molecule has 0 aliphatic carbocycles. The summed E-state index contributed by atoms with van der Waals surface area (Å²) in [6, 6.07) is 6.81. The van der Waals surface area contributed by atoms with Gasteiger partial charge in [-0.15, -0.1) is 11.8 Å². The Kier molecular flexibility index (Phi) is 5.17. The minimum Gasteiger partial charge on any atom is -0.478 e. The number of aryl methyl sites for hydroxylation is 1.